The van der Waals surface area contributed by atoms with Crippen molar-refractivity contribution in [2.45, 2.75) is 13.8 Å². The van der Waals surface area contributed by atoms with Gasteiger partial charge >= 0.3 is 0 Å². The molecular weight excluding hydrogens is 254 g/mol. The van der Waals surface area contributed by atoms with Crippen molar-refractivity contribution in [3.05, 3.63) is 30.3 Å². The lowest BCUT2D eigenvalue weighted by atomic mass is 9.90. The number of hydrogen-bond acceptors (Lipinski definition) is 2. The van der Waals surface area contributed by atoms with Crippen molar-refractivity contribution in [1.82, 2.24) is 4.90 Å². The molecule has 0 bridgehead atoms. The van der Waals surface area contributed by atoms with Gasteiger partial charge in [-0.15, -0.1) is 0 Å². The molecule has 4 heteroatoms. The molecule has 0 aliphatic carbocycles. The van der Waals surface area contributed by atoms with Crippen molar-refractivity contribution in [1.29, 1.82) is 0 Å². The number of hydrogen-bond donors (Lipinski definition) is 1. The normalized spacial score (nSPS) is 15.9. The number of anilines is 1. The Balaban J connectivity index is 2.20. The molecular formula is C15H22N3S+. The summed E-state index contributed by atoms with van der Waals surface area (Å²) < 4.78 is 2.29. The van der Waals surface area contributed by atoms with E-state index in [9.17, 15) is 0 Å². The van der Waals surface area contributed by atoms with E-state index in [1.807, 2.05) is 30.3 Å². The van der Waals surface area contributed by atoms with Gasteiger partial charge in [0.15, 0.2) is 0 Å². The molecule has 0 saturated carbocycles. The maximum atomic E-state index is 5.63. The van der Waals surface area contributed by atoms with Crippen molar-refractivity contribution < 1.29 is 4.58 Å². The van der Waals surface area contributed by atoms with E-state index in [1.165, 1.54) is 5.84 Å². The topological polar surface area (TPSA) is 18.3 Å². The van der Waals surface area contributed by atoms with Gasteiger partial charge in [-0.25, -0.2) is 0 Å². The second kappa shape index (κ2) is 5.29. The van der Waals surface area contributed by atoms with Crippen LogP contribution in [0, 0.1) is 5.41 Å². The van der Waals surface area contributed by atoms with Gasteiger partial charge in [-0.1, -0.05) is 30.4 Å². The summed E-state index contributed by atoms with van der Waals surface area (Å²) in [6.45, 7) is 6.48. The molecule has 1 aliphatic rings. The smallest absolute Gasteiger partial charge is 0.259 e. The lowest BCUT2D eigenvalue weighted by molar-refractivity contribution is -0.489. The summed E-state index contributed by atoms with van der Waals surface area (Å²) in [5, 5.41) is 3.36. The summed E-state index contributed by atoms with van der Waals surface area (Å²) in [7, 11) is 4.26. The number of nitrogens with one attached hydrogen (secondary N) is 1. The fourth-order valence-electron chi connectivity index (χ4n) is 2.67. The summed E-state index contributed by atoms with van der Waals surface area (Å²) in [4.78, 5) is 3.15. The lowest BCUT2D eigenvalue weighted by Gasteiger charge is -2.27. The van der Waals surface area contributed by atoms with Gasteiger partial charge in [0, 0.05) is 5.69 Å². The average molecular weight is 276 g/mol. The highest BCUT2D eigenvalue weighted by Gasteiger charge is 2.42. The molecule has 1 heterocycles. The Hall–Kier alpha value is -1.42. The van der Waals surface area contributed by atoms with E-state index in [1.54, 1.807) is 0 Å². The number of likely N-dealkylation sites (N-methyl/N-ethyl adjacent to an activating group) is 2. The molecule has 0 amide bonds. The van der Waals surface area contributed by atoms with E-state index in [2.05, 4.69) is 42.7 Å². The maximum absolute atomic E-state index is 5.63. The molecule has 0 saturated heterocycles. The van der Waals surface area contributed by atoms with Crippen molar-refractivity contribution in [3.63, 3.8) is 0 Å². The number of rotatable bonds is 3. The van der Waals surface area contributed by atoms with E-state index in [4.69, 9.17) is 12.2 Å². The van der Waals surface area contributed by atoms with Crippen molar-refractivity contribution in [2.24, 2.45) is 5.41 Å². The fourth-order valence-corrected chi connectivity index (χ4v) is 2.88. The molecule has 0 atom stereocenters. The predicted octanol–water partition coefficient (Wildman–Crippen LogP) is 2.44. The quantitative estimate of drug-likeness (QED) is 0.675. The van der Waals surface area contributed by atoms with Crippen molar-refractivity contribution >= 4 is 28.7 Å². The maximum Gasteiger partial charge on any atom is 0.259 e. The van der Waals surface area contributed by atoms with E-state index in [0.29, 0.717) is 0 Å². The Kier molecular flexibility index (Phi) is 3.90. The van der Waals surface area contributed by atoms with Crippen LogP contribution in [0.15, 0.2) is 30.3 Å². The Morgan fingerprint density at radius 3 is 2.47 bits per heavy atom. The molecule has 102 valence electrons. The molecule has 19 heavy (non-hydrogen) atoms. The standard InChI is InChI=1S/C15H21N3S/c1-15(2,14-17(3)10-11-18(14)4)13(19)16-12-8-6-5-7-9-12/h5-9H,10-11H2,1-4H3/p+1. The van der Waals surface area contributed by atoms with Gasteiger partial charge in [0.1, 0.15) is 18.5 Å². The fraction of sp³-hybridized carbons (Fsp3) is 0.467. The first kappa shape index (κ1) is 14.0. The summed E-state index contributed by atoms with van der Waals surface area (Å²) in [5.41, 5.74) is 0.870. The second-order valence-electron chi connectivity index (χ2n) is 5.61. The molecule has 1 aliphatic heterocycles. The first-order valence-corrected chi connectivity index (χ1v) is 7.00. The van der Waals surface area contributed by atoms with Crippen molar-refractivity contribution in [3.8, 4) is 0 Å². The van der Waals surface area contributed by atoms with Crippen LogP contribution >= 0.6 is 12.2 Å². The predicted molar refractivity (Wildman–Crippen MR) is 85.1 cm³/mol. The Morgan fingerprint density at radius 1 is 1.32 bits per heavy atom. The van der Waals surface area contributed by atoms with E-state index >= 15 is 0 Å². The third kappa shape index (κ3) is 2.78. The second-order valence-corrected chi connectivity index (χ2v) is 6.02. The first-order chi connectivity index (χ1) is 8.93. The molecule has 0 radical (unpaired) electrons. The molecule has 0 aromatic heterocycles. The third-order valence-corrected chi connectivity index (χ3v) is 4.26. The van der Waals surface area contributed by atoms with E-state index < -0.39 is 0 Å². The minimum atomic E-state index is -0.175. The molecule has 0 spiro atoms. The zero-order chi connectivity index (χ0) is 14.0. The number of amidine groups is 1. The van der Waals surface area contributed by atoms with Crippen LogP contribution in [0.5, 0.6) is 0 Å². The first-order valence-electron chi connectivity index (χ1n) is 6.59. The highest BCUT2D eigenvalue weighted by molar-refractivity contribution is 7.80. The summed E-state index contributed by atoms with van der Waals surface area (Å²) in [6.07, 6.45) is 0. The molecule has 0 unspecified atom stereocenters. The number of thiocarbonyl (C=S) groups is 1. The molecule has 1 aromatic carbocycles. The third-order valence-electron chi connectivity index (χ3n) is 3.65. The van der Waals surface area contributed by atoms with Gasteiger partial charge in [0.05, 0.1) is 19.1 Å². The Bertz CT molecular complexity index is 505. The van der Waals surface area contributed by atoms with Crippen LogP contribution in [0.1, 0.15) is 13.8 Å². The van der Waals surface area contributed by atoms with E-state index in [-0.39, 0.29) is 5.41 Å². The average Bonchev–Trinajstić information content (AvgIpc) is 2.70. The van der Waals surface area contributed by atoms with Crippen LogP contribution < -0.4 is 5.32 Å². The summed E-state index contributed by atoms with van der Waals surface area (Å²) in [6, 6.07) is 10.1. The van der Waals surface area contributed by atoms with Crippen LogP contribution in [0.3, 0.4) is 0 Å². The molecule has 3 nitrogen and oxygen atoms in total. The SMILES string of the molecule is CN1CC[N+](C)=C1C(C)(C)C(=S)Nc1ccccc1. The Morgan fingerprint density at radius 2 is 1.95 bits per heavy atom. The minimum Gasteiger partial charge on any atom is -0.349 e. The molecule has 0 fully saturated rings. The summed E-state index contributed by atoms with van der Waals surface area (Å²) in [5.74, 6) is 1.28. The number of para-hydroxylation sites is 1. The highest BCUT2D eigenvalue weighted by Crippen LogP contribution is 2.25. The Labute approximate surface area is 120 Å². The summed E-state index contributed by atoms with van der Waals surface area (Å²) >= 11 is 5.63. The molecule has 2 rings (SSSR count). The van der Waals surface area contributed by atoms with Gasteiger partial charge in [-0.2, -0.15) is 0 Å². The van der Waals surface area contributed by atoms with Crippen LogP contribution in [0.25, 0.3) is 0 Å². The van der Waals surface area contributed by atoms with Crippen LogP contribution in [0.2, 0.25) is 0 Å². The van der Waals surface area contributed by atoms with Gasteiger partial charge < -0.3 is 5.32 Å². The van der Waals surface area contributed by atoms with Gasteiger partial charge in [0.2, 0.25) is 0 Å². The van der Waals surface area contributed by atoms with Crippen LogP contribution in [-0.2, 0) is 0 Å². The zero-order valence-corrected chi connectivity index (χ0v) is 12.9. The van der Waals surface area contributed by atoms with E-state index in [0.717, 1.165) is 23.8 Å². The monoisotopic (exact) mass is 276 g/mol. The van der Waals surface area contributed by atoms with Gasteiger partial charge in [-0.05, 0) is 26.0 Å². The lowest BCUT2D eigenvalue weighted by Crippen LogP contribution is -2.45. The number of nitrogens with zero attached hydrogens (tertiary/aromatic N) is 2. The van der Waals surface area contributed by atoms with Crippen LogP contribution in [0.4, 0.5) is 5.69 Å². The largest absolute Gasteiger partial charge is 0.349 e. The van der Waals surface area contributed by atoms with Gasteiger partial charge in [-0.3, -0.25) is 9.48 Å². The minimum absolute atomic E-state index is 0.175. The van der Waals surface area contributed by atoms with Crippen LogP contribution in [-0.4, -0.2) is 47.5 Å². The molecule has 1 aromatic rings. The van der Waals surface area contributed by atoms with Gasteiger partial charge in [0.25, 0.3) is 5.84 Å². The van der Waals surface area contributed by atoms with Crippen molar-refractivity contribution in [2.75, 3.05) is 32.5 Å². The zero-order valence-electron chi connectivity index (χ0n) is 12.1. The molecule has 1 N–H and O–H groups in total. The number of benzene rings is 1. The highest BCUT2D eigenvalue weighted by atomic mass is 32.1.